The molecule has 0 saturated carbocycles. The van der Waals surface area contributed by atoms with Gasteiger partial charge in [-0.15, -0.1) is 0 Å². The van der Waals surface area contributed by atoms with Crippen molar-refractivity contribution in [2.75, 3.05) is 0 Å². The van der Waals surface area contributed by atoms with E-state index in [9.17, 15) is 4.39 Å². The molecule has 0 N–H and O–H groups in total. The van der Waals surface area contributed by atoms with Gasteiger partial charge in [-0.25, -0.2) is 4.39 Å². The molecule has 0 aromatic rings. The Morgan fingerprint density at radius 3 is 2.30 bits per heavy atom. The van der Waals surface area contributed by atoms with Crippen molar-refractivity contribution in [3.63, 3.8) is 0 Å². The molecule has 10 heavy (non-hydrogen) atoms. The molecular formula is C8H12FN. The molecule has 0 aliphatic heterocycles. The van der Waals surface area contributed by atoms with E-state index in [1.165, 1.54) is 0 Å². The molecule has 0 aromatic heterocycles. The molecule has 0 spiro atoms. The monoisotopic (exact) mass is 141 g/mol. The highest BCUT2D eigenvalue weighted by Crippen LogP contribution is 2.15. The van der Waals surface area contributed by atoms with Crippen LogP contribution in [-0.4, -0.2) is 6.72 Å². The first-order valence-corrected chi connectivity index (χ1v) is 3.09. The molecule has 0 aliphatic rings. The van der Waals surface area contributed by atoms with E-state index < -0.39 is 0 Å². The van der Waals surface area contributed by atoms with E-state index in [0.717, 1.165) is 0 Å². The molecule has 0 amide bonds. The van der Waals surface area contributed by atoms with Crippen molar-refractivity contribution >= 4 is 6.72 Å². The Morgan fingerprint density at radius 2 is 2.00 bits per heavy atom. The van der Waals surface area contributed by atoms with Crippen LogP contribution in [-0.2, 0) is 0 Å². The number of aliphatic imine (C=N–C) groups is 1. The van der Waals surface area contributed by atoms with Gasteiger partial charge >= 0.3 is 0 Å². The Bertz CT molecular complexity index is 189. The topological polar surface area (TPSA) is 12.4 Å². The van der Waals surface area contributed by atoms with E-state index in [-0.39, 0.29) is 5.83 Å². The van der Waals surface area contributed by atoms with Crippen LogP contribution < -0.4 is 0 Å². The minimum Gasteiger partial charge on any atom is -0.266 e. The maximum atomic E-state index is 12.9. The van der Waals surface area contributed by atoms with Crippen molar-refractivity contribution < 1.29 is 4.39 Å². The number of hydrogen-bond acceptors (Lipinski definition) is 1. The Morgan fingerprint density at radius 1 is 1.50 bits per heavy atom. The second-order valence-electron chi connectivity index (χ2n) is 2.03. The molecule has 0 saturated heterocycles. The van der Waals surface area contributed by atoms with Gasteiger partial charge in [0, 0.05) is 0 Å². The van der Waals surface area contributed by atoms with Crippen molar-refractivity contribution in [2.45, 2.75) is 20.8 Å². The molecule has 0 unspecified atom stereocenters. The molecule has 0 atom stereocenters. The third kappa shape index (κ3) is 2.13. The minimum atomic E-state index is -0.280. The SMILES string of the molecule is C=N/C(C)=C(F)\C(C)=C/C. The molecule has 0 heterocycles. The second-order valence-corrected chi connectivity index (χ2v) is 2.03. The standard InChI is InChI=1S/C8H12FN/c1-5-6(2)8(9)7(3)10-4/h5H,4H2,1-3H3/b6-5-,8-7+. The first-order chi connectivity index (χ1) is 4.63. The van der Waals surface area contributed by atoms with E-state index >= 15 is 0 Å². The summed E-state index contributed by atoms with van der Waals surface area (Å²) in [6, 6.07) is 0. The van der Waals surface area contributed by atoms with Gasteiger partial charge in [0.1, 0.15) is 5.83 Å². The molecule has 0 rings (SSSR count). The minimum absolute atomic E-state index is 0.280. The van der Waals surface area contributed by atoms with Crippen molar-refractivity contribution in [1.82, 2.24) is 0 Å². The summed E-state index contributed by atoms with van der Waals surface area (Å²) in [7, 11) is 0. The van der Waals surface area contributed by atoms with Gasteiger partial charge in [-0.05, 0) is 33.1 Å². The van der Waals surface area contributed by atoms with Gasteiger partial charge in [-0.3, -0.25) is 4.99 Å². The van der Waals surface area contributed by atoms with Gasteiger partial charge in [0.05, 0.1) is 5.70 Å². The Balaban J connectivity index is 4.63. The number of nitrogens with zero attached hydrogens (tertiary/aromatic N) is 1. The molecule has 0 radical (unpaired) electrons. The van der Waals surface area contributed by atoms with Crippen LogP contribution >= 0.6 is 0 Å². The Kier molecular flexibility index (Phi) is 3.62. The van der Waals surface area contributed by atoms with E-state index in [4.69, 9.17) is 0 Å². The lowest BCUT2D eigenvalue weighted by molar-refractivity contribution is 0.637. The summed E-state index contributed by atoms with van der Waals surface area (Å²) in [5.41, 5.74) is 0.945. The predicted molar refractivity (Wildman–Crippen MR) is 42.8 cm³/mol. The van der Waals surface area contributed by atoms with E-state index in [0.29, 0.717) is 11.3 Å². The van der Waals surface area contributed by atoms with Crippen LogP contribution in [0.2, 0.25) is 0 Å². The van der Waals surface area contributed by atoms with Crippen LogP contribution in [0.4, 0.5) is 4.39 Å². The number of halogens is 1. The second kappa shape index (κ2) is 3.99. The highest BCUT2D eigenvalue weighted by atomic mass is 19.1. The number of hydrogen-bond donors (Lipinski definition) is 0. The van der Waals surface area contributed by atoms with Crippen LogP contribution in [0.5, 0.6) is 0 Å². The van der Waals surface area contributed by atoms with Crippen LogP contribution in [0.15, 0.2) is 28.2 Å². The highest BCUT2D eigenvalue weighted by Gasteiger charge is 1.99. The van der Waals surface area contributed by atoms with E-state index in [1.807, 2.05) is 0 Å². The molecule has 1 nitrogen and oxygen atoms in total. The van der Waals surface area contributed by atoms with Gasteiger partial charge < -0.3 is 0 Å². The van der Waals surface area contributed by atoms with Crippen molar-refractivity contribution in [2.24, 2.45) is 4.99 Å². The highest BCUT2D eigenvalue weighted by molar-refractivity contribution is 5.33. The summed E-state index contributed by atoms with van der Waals surface area (Å²) in [6.45, 7) is 8.30. The fourth-order valence-corrected chi connectivity index (χ4v) is 0.481. The van der Waals surface area contributed by atoms with E-state index in [1.54, 1.807) is 26.8 Å². The van der Waals surface area contributed by atoms with Gasteiger partial charge in [0.2, 0.25) is 0 Å². The first kappa shape index (κ1) is 9.08. The summed E-state index contributed by atoms with van der Waals surface area (Å²) in [6.07, 6.45) is 1.70. The lowest BCUT2D eigenvalue weighted by Crippen LogP contribution is -1.80. The summed E-state index contributed by atoms with van der Waals surface area (Å²) in [5, 5.41) is 0. The summed E-state index contributed by atoms with van der Waals surface area (Å²) in [4.78, 5) is 3.47. The zero-order chi connectivity index (χ0) is 8.15. The zero-order valence-electron chi connectivity index (χ0n) is 6.61. The third-order valence-corrected chi connectivity index (χ3v) is 1.33. The lowest BCUT2D eigenvalue weighted by Gasteiger charge is -1.96. The fourth-order valence-electron chi connectivity index (χ4n) is 0.481. The lowest BCUT2D eigenvalue weighted by atomic mass is 10.2. The molecule has 0 aromatic carbocycles. The first-order valence-electron chi connectivity index (χ1n) is 3.09. The van der Waals surface area contributed by atoms with Crippen molar-refractivity contribution in [3.8, 4) is 0 Å². The van der Waals surface area contributed by atoms with Crippen LogP contribution in [0.25, 0.3) is 0 Å². The average molecular weight is 141 g/mol. The van der Waals surface area contributed by atoms with Crippen molar-refractivity contribution in [1.29, 1.82) is 0 Å². The molecule has 56 valence electrons. The van der Waals surface area contributed by atoms with Crippen LogP contribution in [0.3, 0.4) is 0 Å². The predicted octanol–water partition coefficient (Wildman–Crippen LogP) is 2.85. The summed E-state index contributed by atoms with van der Waals surface area (Å²) >= 11 is 0. The molecule has 2 heteroatoms. The third-order valence-electron chi connectivity index (χ3n) is 1.33. The van der Waals surface area contributed by atoms with Crippen molar-refractivity contribution in [3.05, 3.63) is 23.2 Å². The maximum absolute atomic E-state index is 12.9. The van der Waals surface area contributed by atoms with Gasteiger partial charge in [-0.1, -0.05) is 6.08 Å². The zero-order valence-corrected chi connectivity index (χ0v) is 6.61. The Hall–Kier alpha value is -0.920. The quantitative estimate of drug-likeness (QED) is 0.414. The van der Waals surface area contributed by atoms with Gasteiger partial charge in [-0.2, -0.15) is 0 Å². The number of rotatable bonds is 2. The largest absolute Gasteiger partial charge is 0.266 e. The molecular weight excluding hydrogens is 129 g/mol. The van der Waals surface area contributed by atoms with E-state index in [2.05, 4.69) is 11.7 Å². The number of allylic oxidation sites excluding steroid dienone is 4. The molecule has 0 aliphatic carbocycles. The van der Waals surface area contributed by atoms with Gasteiger partial charge in [0.15, 0.2) is 0 Å². The average Bonchev–Trinajstić information content (AvgIpc) is 2.00. The van der Waals surface area contributed by atoms with Crippen LogP contribution in [0, 0.1) is 0 Å². The molecule has 0 bridgehead atoms. The fraction of sp³-hybridized carbons (Fsp3) is 0.375. The normalized spacial score (nSPS) is 14.6. The van der Waals surface area contributed by atoms with Crippen LogP contribution in [0.1, 0.15) is 20.8 Å². The maximum Gasteiger partial charge on any atom is 0.146 e. The molecule has 0 fully saturated rings. The summed E-state index contributed by atoms with van der Waals surface area (Å²) < 4.78 is 12.9. The van der Waals surface area contributed by atoms with Gasteiger partial charge in [0.25, 0.3) is 0 Å². The smallest absolute Gasteiger partial charge is 0.146 e. The summed E-state index contributed by atoms with van der Waals surface area (Å²) in [5.74, 6) is -0.280. The Labute approximate surface area is 61.0 Å².